The van der Waals surface area contributed by atoms with Crippen molar-refractivity contribution in [2.45, 2.75) is 54.9 Å². The zero-order chi connectivity index (χ0) is 41.1. The maximum Gasteiger partial charge on any atom is 0.0541 e. The van der Waals surface area contributed by atoms with E-state index in [-0.39, 0.29) is 0 Å². The Hall–Kier alpha value is -5.77. The van der Waals surface area contributed by atoms with Crippen molar-refractivity contribution in [1.29, 1.82) is 0 Å². The molecular formula is C55H58N2S. The molecule has 58 heavy (non-hydrogen) atoms. The molecule has 0 saturated heterocycles. The molecule has 0 aliphatic carbocycles. The highest BCUT2D eigenvalue weighted by molar-refractivity contribution is 8.35. The van der Waals surface area contributed by atoms with Gasteiger partial charge < -0.3 is 9.13 Å². The highest BCUT2D eigenvalue weighted by Gasteiger charge is 2.20. The Balaban J connectivity index is 1.60. The first-order valence-corrected chi connectivity index (χ1v) is 23.2. The van der Waals surface area contributed by atoms with Crippen LogP contribution in [0.3, 0.4) is 0 Å². The van der Waals surface area contributed by atoms with E-state index in [9.17, 15) is 0 Å². The third kappa shape index (κ3) is 7.64. The lowest BCUT2D eigenvalue weighted by Crippen LogP contribution is -2.02. The SMILES string of the molecule is C=C/C=C\C(=C/C)c1cc(C(/C=C\C)=C/CC)cc(-c2cc(-n3c(C)c(/C=C(\C)S(C)(C)CC)c4ccccc43)cc(-n3c4ccccc4c4cc(C)ccc43)c2)c1. The first kappa shape index (κ1) is 40.4. The van der Waals surface area contributed by atoms with Crippen LogP contribution in [0.15, 0.2) is 157 Å². The summed E-state index contributed by atoms with van der Waals surface area (Å²) in [5.41, 5.74) is 16.8. The van der Waals surface area contributed by atoms with Crippen molar-refractivity contribution in [3.8, 4) is 22.5 Å². The summed E-state index contributed by atoms with van der Waals surface area (Å²) in [6.45, 7) is 19.5. The second kappa shape index (κ2) is 17.0. The predicted octanol–water partition coefficient (Wildman–Crippen LogP) is 16.0. The molecule has 0 aliphatic rings. The summed E-state index contributed by atoms with van der Waals surface area (Å²) in [5, 5.41) is 3.81. The van der Waals surface area contributed by atoms with E-state index < -0.39 is 10.0 Å². The number of nitrogens with zero attached hydrogens (tertiary/aromatic N) is 2. The van der Waals surface area contributed by atoms with Crippen LogP contribution in [0.2, 0.25) is 0 Å². The van der Waals surface area contributed by atoms with E-state index in [1.54, 1.807) is 0 Å². The lowest BCUT2D eigenvalue weighted by Gasteiger charge is -2.31. The van der Waals surface area contributed by atoms with Crippen LogP contribution in [0.5, 0.6) is 0 Å². The highest BCUT2D eigenvalue weighted by Crippen LogP contribution is 2.49. The summed E-state index contributed by atoms with van der Waals surface area (Å²) in [4.78, 5) is 1.47. The van der Waals surface area contributed by atoms with E-state index in [4.69, 9.17) is 0 Å². The molecule has 0 unspecified atom stereocenters. The summed E-state index contributed by atoms with van der Waals surface area (Å²) in [6.07, 6.45) is 23.2. The average Bonchev–Trinajstić information content (AvgIpc) is 3.71. The smallest absolute Gasteiger partial charge is 0.0541 e. The van der Waals surface area contributed by atoms with Gasteiger partial charge in [-0.1, -0.05) is 111 Å². The maximum atomic E-state index is 3.96. The molecule has 0 aliphatic heterocycles. The highest BCUT2D eigenvalue weighted by atomic mass is 32.3. The molecule has 0 N–H and O–H groups in total. The summed E-state index contributed by atoms with van der Waals surface area (Å²) in [7, 11) is -0.876. The maximum absolute atomic E-state index is 3.96. The van der Waals surface area contributed by atoms with E-state index in [2.05, 4.69) is 216 Å². The van der Waals surface area contributed by atoms with Crippen LogP contribution >= 0.6 is 10.0 Å². The van der Waals surface area contributed by atoms with Crippen LogP contribution in [0, 0.1) is 13.8 Å². The van der Waals surface area contributed by atoms with Crippen LogP contribution in [0.4, 0.5) is 0 Å². The molecule has 3 heteroatoms. The van der Waals surface area contributed by atoms with Gasteiger partial charge in [-0.2, -0.15) is 0 Å². The molecule has 0 amide bonds. The van der Waals surface area contributed by atoms with Crippen LogP contribution < -0.4 is 0 Å². The number of hydrogen-bond donors (Lipinski definition) is 0. The number of aryl methyl sites for hydroxylation is 1. The largest absolute Gasteiger partial charge is 0.313 e. The van der Waals surface area contributed by atoms with Gasteiger partial charge in [0.15, 0.2) is 0 Å². The molecule has 2 nitrogen and oxygen atoms in total. The van der Waals surface area contributed by atoms with Gasteiger partial charge in [0.25, 0.3) is 0 Å². The normalized spacial score (nSPS) is 13.6. The molecule has 294 valence electrons. The summed E-state index contributed by atoms with van der Waals surface area (Å²) >= 11 is 0. The van der Waals surface area contributed by atoms with Crippen LogP contribution in [-0.2, 0) is 0 Å². The summed E-state index contributed by atoms with van der Waals surface area (Å²) in [5.74, 6) is 1.17. The first-order valence-electron chi connectivity index (χ1n) is 20.6. The zero-order valence-electron chi connectivity index (χ0n) is 35.9. The second-order valence-electron chi connectivity index (χ2n) is 15.8. The van der Waals surface area contributed by atoms with Gasteiger partial charge in [0.05, 0.1) is 16.6 Å². The minimum absolute atomic E-state index is 0.876. The third-order valence-corrected chi connectivity index (χ3v) is 15.1. The number of benzene rings is 5. The number of hydrogen-bond acceptors (Lipinski definition) is 0. The Morgan fingerprint density at radius 3 is 1.95 bits per heavy atom. The summed E-state index contributed by atoms with van der Waals surface area (Å²) < 4.78 is 4.96. The topological polar surface area (TPSA) is 9.86 Å². The molecule has 0 atom stereocenters. The molecule has 7 rings (SSSR count). The van der Waals surface area contributed by atoms with Gasteiger partial charge in [-0.3, -0.25) is 0 Å². The minimum Gasteiger partial charge on any atom is -0.313 e. The Bertz CT molecular complexity index is 2840. The molecule has 2 aromatic heterocycles. The average molecular weight is 779 g/mol. The Kier molecular flexibility index (Phi) is 11.8. The third-order valence-electron chi connectivity index (χ3n) is 11.8. The quantitative estimate of drug-likeness (QED) is 0.109. The number of allylic oxidation sites excluding steroid dienone is 10. The van der Waals surface area contributed by atoms with E-state index in [0.717, 1.165) is 28.9 Å². The summed E-state index contributed by atoms with van der Waals surface area (Å²) in [6, 6.07) is 38.9. The fourth-order valence-corrected chi connectivity index (χ4v) is 9.11. The lowest BCUT2D eigenvalue weighted by atomic mass is 9.92. The molecule has 0 saturated carbocycles. The Morgan fingerprint density at radius 1 is 0.672 bits per heavy atom. The van der Waals surface area contributed by atoms with Crippen molar-refractivity contribution >= 4 is 60.0 Å². The number of rotatable bonds is 12. The Morgan fingerprint density at radius 2 is 1.29 bits per heavy atom. The van der Waals surface area contributed by atoms with Gasteiger partial charge >= 0.3 is 0 Å². The minimum atomic E-state index is -0.876. The fraction of sp³-hybridized carbons (Fsp3) is 0.200. The molecule has 2 heterocycles. The molecular weight excluding hydrogens is 721 g/mol. The van der Waals surface area contributed by atoms with Gasteiger partial charge in [0.2, 0.25) is 0 Å². The monoisotopic (exact) mass is 778 g/mol. The van der Waals surface area contributed by atoms with E-state index >= 15 is 0 Å². The van der Waals surface area contributed by atoms with Crippen LogP contribution in [-0.4, -0.2) is 27.4 Å². The van der Waals surface area contributed by atoms with Gasteiger partial charge in [-0.05, 0) is 164 Å². The van der Waals surface area contributed by atoms with Crippen molar-refractivity contribution in [2.75, 3.05) is 18.3 Å². The van der Waals surface area contributed by atoms with Crippen molar-refractivity contribution < 1.29 is 0 Å². The number of aromatic nitrogens is 2. The number of fused-ring (bicyclic) bond motifs is 4. The second-order valence-corrected chi connectivity index (χ2v) is 20.0. The van der Waals surface area contributed by atoms with Crippen molar-refractivity contribution in [3.05, 3.63) is 185 Å². The van der Waals surface area contributed by atoms with Crippen molar-refractivity contribution in [2.24, 2.45) is 0 Å². The molecule has 0 bridgehead atoms. The van der Waals surface area contributed by atoms with Gasteiger partial charge in [-0.15, -0.1) is 0 Å². The van der Waals surface area contributed by atoms with E-state index in [1.807, 2.05) is 12.2 Å². The van der Waals surface area contributed by atoms with E-state index in [1.165, 1.54) is 82.5 Å². The molecule has 5 aromatic carbocycles. The number of para-hydroxylation sites is 2. The lowest BCUT2D eigenvalue weighted by molar-refractivity contribution is 1.04. The van der Waals surface area contributed by atoms with Crippen molar-refractivity contribution in [1.82, 2.24) is 9.13 Å². The van der Waals surface area contributed by atoms with Crippen molar-refractivity contribution in [3.63, 3.8) is 0 Å². The molecule has 7 aromatic rings. The fourth-order valence-electron chi connectivity index (χ4n) is 8.22. The molecule has 0 spiro atoms. The first-order chi connectivity index (χ1) is 28.0. The van der Waals surface area contributed by atoms with Gasteiger partial charge in [0.1, 0.15) is 0 Å². The standard InChI is InChI=1S/C55H58N2S/c1-11-16-23-41(14-4)43-32-44(42(21-12-2)22-13-3)34-45(33-43)46-35-47(56-40(8)51(31-39(7)58(9,10)15-5)49-24-17-19-26-53(49)56)37-48(36-46)57-54-27-20-18-25-50(54)52-30-38(6)28-29-55(52)57/h11-12,14,16-37H,1,13,15H2,2-10H3/b21-12-,23-16-,39-31+,41-14+,42-22+. The van der Waals surface area contributed by atoms with Gasteiger partial charge in [-0.25, -0.2) is 10.0 Å². The van der Waals surface area contributed by atoms with Crippen LogP contribution in [0.25, 0.3) is 72.4 Å². The molecule has 0 fully saturated rings. The van der Waals surface area contributed by atoms with Gasteiger partial charge in [0, 0.05) is 38.8 Å². The van der Waals surface area contributed by atoms with E-state index in [0.29, 0.717) is 0 Å². The predicted molar refractivity (Wildman–Crippen MR) is 262 cm³/mol. The zero-order valence-corrected chi connectivity index (χ0v) is 36.7. The van der Waals surface area contributed by atoms with Crippen LogP contribution in [0.1, 0.15) is 69.0 Å². The Labute approximate surface area is 348 Å². The molecule has 0 radical (unpaired) electrons.